The summed E-state index contributed by atoms with van der Waals surface area (Å²) < 4.78 is 11.3. The maximum atomic E-state index is 11.5. The van der Waals surface area contributed by atoms with Crippen molar-refractivity contribution in [2.24, 2.45) is 0 Å². The van der Waals surface area contributed by atoms with Crippen molar-refractivity contribution in [1.82, 2.24) is 0 Å². The smallest absolute Gasteiger partial charge is 0.150 e. The molecule has 154 valence electrons. The van der Waals surface area contributed by atoms with E-state index in [2.05, 4.69) is 25.1 Å². The van der Waals surface area contributed by atoms with Crippen LogP contribution in [0.25, 0.3) is 0 Å². The number of carbonyl (C=O) groups excluding carboxylic acids is 2. The summed E-state index contributed by atoms with van der Waals surface area (Å²) in [5, 5.41) is 0. The molecule has 4 nitrogen and oxygen atoms in total. The summed E-state index contributed by atoms with van der Waals surface area (Å²) in [5.41, 5.74) is 5.09. The number of carbonyl (C=O) groups is 2. The lowest BCUT2D eigenvalue weighted by atomic mass is 9.82. The van der Waals surface area contributed by atoms with Gasteiger partial charge in [-0.25, -0.2) is 0 Å². The van der Waals surface area contributed by atoms with Gasteiger partial charge in [0.1, 0.15) is 24.1 Å². The summed E-state index contributed by atoms with van der Waals surface area (Å²) >= 11 is 0. The fourth-order valence-corrected chi connectivity index (χ4v) is 3.85. The van der Waals surface area contributed by atoms with Gasteiger partial charge >= 0.3 is 0 Å². The largest absolute Gasteiger partial charge is 0.496 e. The lowest BCUT2D eigenvalue weighted by molar-refractivity contribution is 0.111. The molecule has 0 bridgehead atoms. The second-order valence-corrected chi connectivity index (χ2v) is 7.17. The third-order valence-electron chi connectivity index (χ3n) is 5.22. The highest BCUT2D eigenvalue weighted by Crippen LogP contribution is 2.42. The average molecular weight is 402 g/mol. The third-order valence-corrected chi connectivity index (χ3v) is 5.22. The summed E-state index contributed by atoms with van der Waals surface area (Å²) in [6.45, 7) is 2.15. The van der Waals surface area contributed by atoms with E-state index < -0.39 is 0 Å². The molecule has 0 unspecified atom stereocenters. The zero-order valence-corrected chi connectivity index (χ0v) is 17.6. The highest BCUT2D eigenvalue weighted by molar-refractivity contribution is 5.78. The van der Waals surface area contributed by atoms with Gasteiger partial charge < -0.3 is 9.47 Å². The number of ether oxygens (including phenoxy) is 2. The SMILES string of the molecule is CCCc1cccc(C(c2cc(C=O)ccc2OC)c2cc(C=O)ccc2OC)c1. The molecule has 4 heteroatoms. The lowest BCUT2D eigenvalue weighted by Gasteiger charge is -2.24. The molecule has 0 spiro atoms. The Balaban J connectivity index is 2.32. The Labute approximate surface area is 177 Å². The van der Waals surface area contributed by atoms with Crippen molar-refractivity contribution in [2.45, 2.75) is 25.7 Å². The fraction of sp³-hybridized carbons (Fsp3) is 0.231. The Morgan fingerprint density at radius 2 is 1.37 bits per heavy atom. The molecule has 30 heavy (non-hydrogen) atoms. The summed E-state index contributed by atoms with van der Waals surface area (Å²) in [6.07, 6.45) is 3.67. The molecule has 0 aliphatic carbocycles. The van der Waals surface area contributed by atoms with E-state index in [9.17, 15) is 9.59 Å². The molecule has 0 fully saturated rings. The van der Waals surface area contributed by atoms with E-state index in [0.717, 1.165) is 42.1 Å². The van der Waals surface area contributed by atoms with Crippen LogP contribution >= 0.6 is 0 Å². The van der Waals surface area contributed by atoms with Crippen LogP contribution in [-0.2, 0) is 6.42 Å². The predicted molar refractivity (Wildman–Crippen MR) is 118 cm³/mol. The van der Waals surface area contributed by atoms with Crippen LogP contribution in [0.15, 0.2) is 60.7 Å². The molecule has 0 atom stereocenters. The minimum atomic E-state index is -0.272. The van der Waals surface area contributed by atoms with Crippen LogP contribution < -0.4 is 9.47 Å². The van der Waals surface area contributed by atoms with Crippen LogP contribution in [0.4, 0.5) is 0 Å². The first-order chi connectivity index (χ1) is 14.6. The molecule has 0 saturated carbocycles. The first-order valence-corrected chi connectivity index (χ1v) is 10.00. The van der Waals surface area contributed by atoms with Crippen LogP contribution in [0.1, 0.15) is 62.2 Å². The van der Waals surface area contributed by atoms with Crippen molar-refractivity contribution in [2.75, 3.05) is 14.2 Å². The zero-order valence-electron chi connectivity index (χ0n) is 17.6. The van der Waals surface area contributed by atoms with E-state index in [-0.39, 0.29) is 5.92 Å². The van der Waals surface area contributed by atoms with Gasteiger partial charge in [-0.1, -0.05) is 37.6 Å². The molecule has 3 aromatic rings. The molecule has 3 rings (SSSR count). The van der Waals surface area contributed by atoms with Crippen molar-refractivity contribution in [3.05, 3.63) is 94.0 Å². The van der Waals surface area contributed by atoms with Crippen LogP contribution in [0.2, 0.25) is 0 Å². The number of hydrogen-bond acceptors (Lipinski definition) is 4. The van der Waals surface area contributed by atoms with Crippen LogP contribution in [-0.4, -0.2) is 26.8 Å². The lowest BCUT2D eigenvalue weighted by Crippen LogP contribution is -2.09. The molecule has 0 aliphatic heterocycles. The van der Waals surface area contributed by atoms with Gasteiger partial charge in [-0.15, -0.1) is 0 Å². The van der Waals surface area contributed by atoms with Gasteiger partial charge in [-0.05, 0) is 53.9 Å². The van der Waals surface area contributed by atoms with Gasteiger partial charge in [0.2, 0.25) is 0 Å². The normalized spacial score (nSPS) is 10.7. The summed E-state index contributed by atoms with van der Waals surface area (Å²) in [6, 6.07) is 19.2. The van der Waals surface area contributed by atoms with E-state index in [1.807, 2.05) is 18.2 Å². The van der Waals surface area contributed by atoms with Gasteiger partial charge in [0, 0.05) is 28.2 Å². The molecule has 3 aromatic carbocycles. The van der Waals surface area contributed by atoms with Gasteiger partial charge in [0.25, 0.3) is 0 Å². The predicted octanol–water partition coefficient (Wildman–Crippen LogP) is 5.46. The monoisotopic (exact) mass is 402 g/mol. The number of aldehydes is 2. The highest BCUT2D eigenvalue weighted by atomic mass is 16.5. The molecule has 0 aliphatic rings. The zero-order chi connectivity index (χ0) is 21.5. The number of aryl methyl sites for hydroxylation is 1. The number of methoxy groups -OCH3 is 2. The standard InChI is InChI=1S/C26H26O4/c1-4-6-18-7-5-8-21(13-18)26(22-14-19(16-27)9-11-24(22)29-2)23-15-20(17-28)10-12-25(23)30-3/h5,7-17,26H,4,6H2,1-3H3. The van der Waals surface area contributed by atoms with E-state index in [1.165, 1.54) is 5.56 Å². The Bertz CT molecular complexity index is 979. The van der Waals surface area contributed by atoms with Gasteiger partial charge in [0.15, 0.2) is 0 Å². The molecular formula is C26H26O4. The highest BCUT2D eigenvalue weighted by Gasteiger charge is 2.25. The Morgan fingerprint density at radius 1 is 0.800 bits per heavy atom. The first-order valence-electron chi connectivity index (χ1n) is 10.00. The molecule has 0 amide bonds. The summed E-state index contributed by atoms with van der Waals surface area (Å²) in [7, 11) is 3.23. The topological polar surface area (TPSA) is 52.6 Å². The van der Waals surface area contributed by atoms with Gasteiger partial charge in [0.05, 0.1) is 14.2 Å². The Hall–Kier alpha value is -3.40. The quantitative estimate of drug-likeness (QED) is 0.352. The molecule has 0 N–H and O–H groups in total. The maximum absolute atomic E-state index is 11.5. The fourth-order valence-electron chi connectivity index (χ4n) is 3.85. The average Bonchev–Trinajstić information content (AvgIpc) is 2.79. The molecule has 0 saturated heterocycles. The molecule has 0 heterocycles. The van der Waals surface area contributed by atoms with E-state index in [1.54, 1.807) is 38.5 Å². The number of hydrogen-bond donors (Lipinski definition) is 0. The third kappa shape index (κ3) is 4.43. The van der Waals surface area contributed by atoms with Crippen molar-refractivity contribution < 1.29 is 19.1 Å². The van der Waals surface area contributed by atoms with E-state index in [0.29, 0.717) is 22.6 Å². The minimum absolute atomic E-state index is 0.272. The molecular weight excluding hydrogens is 376 g/mol. The van der Waals surface area contributed by atoms with Crippen LogP contribution in [0, 0.1) is 0 Å². The molecule has 0 radical (unpaired) electrons. The number of benzene rings is 3. The van der Waals surface area contributed by atoms with E-state index in [4.69, 9.17) is 9.47 Å². The van der Waals surface area contributed by atoms with Crippen molar-refractivity contribution in [3.63, 3.8) is 0 Å². The van der Waals surface area contributed by atoms with Crippen molar-refractivity contribution >= 4 is 12.6 Å². The van der Waals surface area contributed by atoms with Gasteiger partial charge in [-0.2, -0.15) is 0 Å². The molecule has 0 aromatic heterocycles. The van der Waals surface area contributed by atoms with Crippen LogP contribution in [0.5, 0.6) is 11.5 Å². The minimum Gasteiger partial charge on any atom is -0.496 e. The second-order valence-electron chi connectivity index (χ2n) is 7.17. The van der Waals surface area contributed by atoms with Crippen LogP contribution in [0.3, 0.4) is 0 Å². The summed E-state index contributed by atoms with van der Waals surface area (Å²) in [4.78, 5) is 23.0. The summed E-state index contributed by atoms with van der Waals surface area (Å²) in [5.74, 6) is 1.07. The van der Waals surface area contributed by atoms with Crippen molar-refractivity contribution in [3.8, 4) is 11.5 Å². The Morgan fingerprint density at radius 3 is 1.83 bits per heavy atom. The van der Waals surface area contributed by atoms with Gasteiger partial charge in [-0.3, -0.25) is 9.59 Å². The second kappa shape index (κ2) is 9.88. The number of rotatable bonds is 9. The van der Waals surface area contributed by atoms with Crippen molar-refractivity contribution in [1.29, 1.82) is 0 Å². The van der Waals surface area contributed by atoms with E-state index >= 15 is 0 Å². The maximum Gasteiger partial charge on any atom is 0.150 e. The Kier molecular flexibility index (Phi) is 7.02. The first kappa shape index (κ1) is 21.3.